The zero-order chi connectivity index (χ0) is 34.0. The summed E-state index contributed by atoms with van der Waals surface area (Å²) in [5, 5.41) is 24.5. The van der Waals surface area contributed by atoms with E-state index in [2.05, 4.69) is 19.9 Å². The number of methoxy groups -OCH3 is 2. The van der Waals surface area contributed by atoms with Crippen LogP contribution >= 0.6 is 0 Å². The van der Waals surface area contributed by atoms with E-state index in [1.807, 2.05) is 12.1 Å². The maximum absolute atomic E-state index is 10.8. The van der Waals surface area contributed by atoms with Crippen molar-refractivity contribution in [3.05, 3.63) is 107 Å². The Bertz CT molecular complexity index is 1640. The second kappa shape index (κ2) is 18.6. The molecule has 0 saturated carbocycles. The fraction of sp³-hybridized carbons (Fsp3) is 0.200. The Balaban J connectivity index is 0.000000268. The molecular formula is C30H25F3N6O7. The lowest BCUT2D eigenvalue weighted by atomic mass is 10.2. The van der Waals surface area contributed by atoms with Crippen LogP contribution in [0.4, 0.5) is 13.2 Å². The predicted molar refractivity (Wildman–Crippen MR) is 151 cm³/mol. The number of carbonyl (C=O) groups is 2. The lowest BCUT2D eigenvalue weighted by Crippen LogP contribution is -2.21. The van der Waals surface area contributed by atoms with Crippen LogP contribution in [-0.2, 0) is 27.5 Å². The number of nitrogens with zero attached hydrogens (tertiary/aromatic N) is 6. The van der Waals surface area contributed by atoms with E-state index in [0.717, 1.165) is 11.3 Å². The summed E-state index contributed by atoms with van der Waals surface area (Å²) in [6.45, 7) is 0.489. The van der Waals surface area contributed by atoms with Crippen LogP contribution in [0.2, 0.25) is 0 Å². The number of carbonyl (C=O) groups excluding carboxylic acids is 1. The van der Waals surface area contributed by atoms with Gasteiger partial charge in [0.25, 0.3) is 0 Å². The minimum Gasteiger partial charge on any atom is -0.485 e. The Hall–Kier alpha value is -5.97. The second-order valence-corrected chi connectivity index (χ2v) is 8.43. The molecule has 0 radical (unpaired) electrons. The number of aldehydes is 1. The minimum atomic E-state index is -5.08. The highest BCUT2D eigenvalue weighted by Crippen LogP contribution is 2.27. The number of alkyl halides is 3. The number of rotatable bonds is 10. The quantitative estimate of drug-likeness (QED) is 0.188. The average Bonchev–Trinajstić information content (AvgIpc) is 3.08. The monoisotopic (exact) mass is 638 g/mol. The van der Waals surface area contributed by atoms with E-state index in [9.17, 15) is 18.0 Å². The van der Waals surface area contributed by atoms with Gasteiger partial charge in [0.15, 0.2) is 12.6 Å². The van der Waals surface area contributed by atoms with Crippen molar-refractivity contribution >= 4 is 12.3 Å². The van der Waals surface area contributed by atoms with Gasteiger partial charge >= 0.3 is 12.1 Å². The van der Waals surface area contributed by atoms with E-state index in [0.29, 0.717) is 40.2 Å². The molecule has 0 aliphatic heterocycles. The Morgan fingerprint density at radius 1 is 0.848 bits per heavy atom. The van der Waals surface area contributed by atoms with Gasteiger partial charge in [-0.15, -0.1) is 0 Å². The summed E-state index contributed by atoms with van der Waals surface area (Å²) in [5.41, 5.74) is 3.60. The summed E-state index contributed by atoms with van der Waals surface area (Å²) in [4.78, 5) is 35.8. The number of pyridine rings is 4. The Morgan fingerprint density at radius 3 is 1.74 bits per heavy atom. The highest BCUT2D eigenvalue weighted by molar-refractivity contribution is 5.78. The molecule has 0 spiro atoms. The number of aromatic nitrogens is 4. The molecule has 0 aromatic carbocycles. The molecule has 0 amide bonds. The van der Waals surface area contributed by atoms with Crippen LogP contribution in [-0.4, -0.2) is 57.7 Å². The normalized spacial score (nSPS) is 10.2. The van der Waals surface area contributed by atoms with Gasteiger partial charge in [-0.1, -0.05) is 0 Å². The molecule has 13 nitrogen and oxygen atoms in total. The molecule has 4 aromatic heterocycles. The summed E-state index contributed by atoms with van der Waals surface area (Å²) < 4.78 is 53.4. The van der Waals surface area contributed by atoms with Crippen LogP contribution in [0.1, 0.15) is 44.7 Å². The molecule has 4 aromatic rings. The molecule has 0 saturated heterocycles. The minimum absolute atomic E-state index is 0.220. The smallest absolute Gasteiger partial charge is 0.485 e. The highest BCUT2D eigenvalue weighted by atomic mass is 19.4. The zero-order valence-corrected chi connectivity index (χ0v) is 24.2. The number of nitriles is 2. The number of ether oxygens (including phenoxy) is 4. The van der Waals surface area contributed by atoms with Gasteiger partial charge in [0.05, 0.1) is 46.0 Å². The third-order valence-electron chi connectivity index (χ3n) is 5.34. The molecule has 0 atom stereocenters. The molecule has 46 heavy (non-hydrogen) atoms. The van der Waals surface area contributed by atoms with Crippen LogP contribution in [0, 0.1) is 22.7 Å². The number of aliphatic carboxylic acids is 1. The van der Waals surface area contributed by atoms with E-state index in [1.165, 1.54) is 24.8 Å². The summed E-state index contributed by atoms with van der Waals surface area (Å²) >= 11 is 0. The van der Waals surface area contributed by atoms with Crippen molar-refractivity contribution in [2.75, 3.05) is 14.2 Å². The molecule has 1 N–H and O–H groups in total. The van der Waals surface area contributed by atoms with Crippen LogP contribution in [0.3, 0.4) is 0 Å². The number of carboxylic acid groups (broad SMARTS) is 1. The molecule has 16 heteroatoms. The van der Waals surface area contributed by atoms with Crippen LogP contribution in [0.25, 0.3) is 0 Å². The van der Waals surface area contributed by atoms with E-state index in [1.54, 1.807) is 63.0 Å². The van der Waals surface area contributed by atoms with Crippen LogP contribution in [0.15, 0.2) is 73.6 Å². The van der Waals surface area contributed by atoms with Crippen molar-refractivity contribution < 1.29 is 46.8 Å². The van der Waals surface area contributed by atoms with Crippen LogP contribution in [0.5, 0.6) is 11.5 Å². The van der Waals surface area contributed by atoms with Crippen molar-refractivity contribution in [1.29, 1.82) is 10.5 Å². The summed E-state index contributed by atoms with van der Waals surface area (Å²) in [6, 6.07) is 14.2. The number of halogens is 3. The highest BCUT2D eigenvalue weighted by Gasteiger charge is 2.38. The van der Waals surface area contributed by atoms with Gasteiger partial charge in [0.1, 0.15) is 36.9 Å². The van der Waals surface area contributed by atoms with E-state index >= 15 is 0 Å². The largest absolute Gasteiger partial charge is 0.490 e. The summed E-state index contributed by atoms with van der Waals surface area (Å²) in [5.74, 6) is -1.77. The first-order valence-electron chi connectivity index (χ1n) is 12.7. The van der Waals surface area contributed by atoms with Gasteiger partial charge in [-0.2, -0.15) is 23.7 Å². The van der Waals surface area contributed by atoms with Gasteiger partial charge < -0.3 is 24.1 Å². The fourth-order valence-electron chi connectivity index (χ4n) is 3.12. The number of carboxylic acids is 1. The molecule has 4 rings (SSSR count). The van der Waals surface area contributed by atoms with E-state index < -0.39 is 18.4 Å². The molecule has 4 heterocycles. The van der Waals surface area contributed by atoms with Gasteiger partial charge in [-0.3, -0.25) is 24.7 Å². The zero-order valence-electron chi connectivity index (χ0n) is 24.2. The summed E-state index contributed by atoms with van der Waals surface area (Å²) in [7, 11) is 3.11. The first kappa shape index (κ1) is 36.2. The standard InChI is InChI=1S/C15H15N3O3.C13H9N3O2.C2HF3O2/c1-19-15(20-2)13-5-6-17-9-14(13)21-10-12-4-3-11(7-16)8-18-12;14-5-10-1-2-12(16-6-10)9-18-13-7-15-4-3-11(13)8-17;3-2(4,5)1(6)7/h3-6,8-9,15H,10H2,1-2H3;1-4,6-8H,9H2;(H,6,7). The number of hydrogen-bond donors (Lipinski definition) is 1. The maximum Gasteiger partial charge on any atom is 0.490 e. The predicted octanol–water partition coefficient (Wildman–Crippen LogP) is 4.59. The lowest BCUT2D eigenvalue weighted by Gasteiger charge is -2.17. The van der Waals surface area contributed by atoms with Crippen molar-refractivity contribution in [3.63, 3.8) is 0 Å². The number of hydrogen-bond acceptors (Lipinski definition) is 12. The molecule has 0 unspecified atom stereocenters. The van der Waals surface area contributed by atoms with Crippen molar-refractivity contribution in [1.82, 2.24) is 19.9 Å². The molecule has 0 bridgehead atoms. The Morgan fingerprint density at radius 2 is 1.33 bits per heavy atom. The van der Waals surface area contributed by atoms with E-state index in [-0.39, 0.29) is 13.2 Å². The van der Waals surface area contributed by atoms with E-state index in [4.69, 9.17) is 39.4 Å². The average molecular weight is 639 g/mol. The third-order valence-corrected chi connectivity index (χ3v) is 5.34. The first-order valence-corrected chi connectivity index (χ1v) is 12.7. The third kappa shape index (κ3) is 12.0. The van der Waals surface area contributed by atoms with Crippen LogP contribution < -0.4 is 9.47 Å². The fourth-order valence-corrected chi connectivity index (χ4v) is 3.12. The van der Waals surface area contributed by atoms with Crippen molar-refractivity contribution in [2.24, 2.45) is 0 Å². The molecule has 238 valence electrons. The molecular weight excluding hydrogens is 613 g/mol. The van der Waals surface area contributed by atoms with Gasteiger partial charge in [0.2, 0.25) is 0 Å². The SMILES string of the molecule is COC(OC)c1ccncc1OCc1ccc(C#N)cn1.N#Cc1ccc(COc2cnccc2C=O)nc1.O=C(O)C(F)(F)F. The van der Waals surface area contributed by atoms with Gasteiger partial charge in [0, 0.05) is 39.0 Å². The molecule has 0 aliphatic carbocycles. The van der Waals surface area contributed by atoms with Gasteiger partial charge in [-0.05, 0) is 36.4 Å². The first-order chi connectivity index (χ1) is 22.1. The molecule has 0 aliphatic rings. The van der Waals surface area contributed by atoms with Crippen molar-refractivity contribution in [3.8, 4) is 23.6 Å². The lowest BCUT2D eigenvalue weighted by molar-refractivity contribution is -0.192. The topological polar surface area (TPSA) is 190 Å². The molecule has 0 fully saturated rings. The Labute approximate surface area is 260 Å². The Kier molecular flexibility index (Phi) is 14.7. The second-order valence-electron chi connectivity index (χ2n) is 8.43. The maximum atomic E-state index is 10.8. The van der Waals surface area contributed by atoms with Crippen molar-refractivity contribution in [2.45, 2.75) is 25.7 Å². The van der Waals surface area contributed by atoms with Gasteiger partial charge in [-0.25, -0.2) is 4.79 Å². The summed E-state index contributed by atoms with van der Waals surface area (Å²) in [6.07, 6.45) is 4.35.